The molecule has 4 nitrogen and oxygen atoms in total. The van der Waals surface area contributed by atoms with Gasteiger partial charge in [0.2, 0.25) is 5.91 Å². The minimum Gasteiger partial charge on any atom is -0.379 e. The Morgan fingerprint density at radius 3 is 2.59 bits per heavy atom. The lowest BCUT2D eigenvalue weighted by atomic mass is 10.2. The van der Waals surface area contributed by atoms with Crippen molar-refractivity contribution in [2.75, 3.05) is 33.0 Å². The molecule has 0 bridgehead atoms. The number of rotatable bonds is 8. The molecule has 0 aliphatic carbocycles. The second kappa shape index (κ2) is 11.4. The van der Waals surface area contributed by atoms with Crippen molar-refractivity contribution < 1.29 is 14.3 Å². The van der Waals surface area contributed by atoms with Crippen LogP contribution in [0.15, 0.2) is 0 Å². The quantitative estimate of drug-likeness (QED) is 0.513. The van der Waals surface area contributed by atoms with Gasteiger partial charge >= 0.3 is 0 Å². The lowest BCUT2D eigenvalue weighted by Gasteiger charge is -2.04. The van der Waals surface area contributed by atoms with Crippen molar-refractivity contribution in [2.45, 2.75) is 27.2 Å². The van der Waals surface area contributed by atoms with Crippen molar-refractivity contribution in [1.29, 1.82) is 0 Å². The lowest BCUT2D eigenvalue weighted by molar-refractivity contribution is -0.122. The Hall–Kier alpha value is -1.05. The largest absolute Gasteiger partial charge is 0.379 e. The molecule has 98 valence electrons. The van der Waals surface area contributed by atoms with E-state index in [0.29, 0.717) is 45.3 Å². The highest BCUT2D eigenvalue weighted by atomic mass is 16.5. The molecule has 0 saturated carbocycles. The van der Waals surface area contributed by atoms with Crippen molar-refractivity contribution in [3.8, 4) is 11.8 Å². The van der Waals surface area contributed by atoms with Gasteiger partial charge in [0.25, 0.3) is 0 Å². The molecule has 0 aromatic carbocycles. The maximum atomic E-state index is 11.3. The summed E-state index contributed by atoms with van der Waals surface area (Å²) in [5.74, 6) is 6.18. The molecule has 0 radical (unpaired) electrons. The second-order valence-corrected chi connectivity index (χ2v) is 3.81. The van der Waals surface area contributed by atoms with Crippen LogP contribution in [0.1, 0.15) is 27.2 Å². The Bertz CT molecular complexity index is 253. The van der Waals surface area contributed by atoms with Crippen molar-refractivity contribution in [3.63, 3.8) is 0 Å². The Balaban J connectivity index is 3.33. The van der Waals surface area contributed by atoms with Gasteiger partial charge in [0.15, 0.2) is 0 Å². The highest BCUT2D eigenvalue weighted by Gasteiger charge is 1.98. The summed E-state index contributed by atoms with van der Waals surface area (Å²) < 4.78 is 10.3. The predicted molar refractivity (Wildman–Crippen MR) is 67.6 cm³/mol. The van der Waals surface area contributed by atoms with Crippen LogP contribution in [-0.2, 0) is 14.3 Å². The Morgan fingerprint density at radius 2 is 1.94 bits per heavy atom. The van der Waals surface area contributed by atoms with Crippen LogP contribution >= 0.6 is 0 Å². The summed E-state index contributed by atoms with van der Waals surface area (Å²) >= 11 is 0. The van der Waals surface area contributed by atoms with Crippen molar-refractivity contribution in [1.82, 2.24) is 5.32 Å². The highest BCUT2D eigenvalue weighted by molar-refractivity contribution is 5.76. The van der Waals surface area contributed by atoms with Crippen molar-refractivity contribution in [3.05, 3.63) is 0 Å². The van der Waals surface area contributed by atoms with Crippen LogP contribution in [0.5, 0.6) is 0 Å². The number of amides is 1. The standard InChI is InChI=1S/C13H23NO3/c1-4-16-10-11-17-9-7-13(15)14-8-5-6-12(2)3/h12H,4,7-11H2,1-3H3,(H,14,15). The number of carbonyl (C=O) groups excluding carboxylic acids is 1. The molecule has 0 aromatic rings. The fraction of sp³-hybridized carbons (Fsp3) is 0.769. The van der Waals surface area contributed by atoms with Gasteiger partial charge in [-0.15, -0.1) is 0 Å². The third-order valence-corrected chi connectivity index (χ3v) is 1.81. The number of hydrogen-bond acceptors (Lipinski definition) is 3. The number of hydrogen-bond donors (Lipinski definition) is 1. The topological polar surface area (TPSA) is 47.6 Å². The van der Waals surface area contributed by atoms with E-state index in [1.165, 1.54) is 0 Å². The minimum absolute atomic E-state index is 0.0283. The van der Waals surface area contributed by atoms with Crippen LogP contribution in [0, 0.1) is 17.8 Å². The molecule has 1 N–H and O–H groups in total. The van der Waals surface area contributed by atoms with Gasteiger partial charge in [-0.2, -0.15) is 0 Å². The van der Waals surface area contributed by atoms with Gasteiger partial charge in [-0.25, -0.2) is 0 Å². The number of carbonyl (C=O) groups is 1. The van der Waals surface area contributed by atoms with Gasteiger partial charge in [0.1, 0.15) is 0 Å². The first-order valence-corrected chi connectivity index (χ1v) is 6.07. The molecule has 0 spiro atoms. The van der Waals surface area contributed by atoms with E-state index < -0.39 is 0 Å². The Kier molecular flexibility index (Phi) is 10.7. The van der Waals surface area contributed by atoms with E-state index in [0.717, 1.165) is 0 Å². The van der Waals surface area contributed by atoms with E-state index in [2.05, 4.69) is 17.2 Å². The van der Waals surface area contributed by atoms with Crippen molar-refractivity contribution >= 4 is 5.91 Å². The average Bonchev–Trinajstić information content (AvgIpc) is 2.29. The first kappa shape index (κ1) is 16.0. The molecule has 0 aliphatic heterocycles. The average molecular weight is 241 g/mol. The van der Waals surface area contributed by atoms with Gasteiger partial charge in [0, 0.05) is 18.9 Å². The summed E-state index contributed by atoms with van der Waals surface area (Å²) in [5.41, 5.74) is 0. The van der Waals surface area contributed by atoms with Gasteiger partial charge in [0.05, 0.1) is 26.4 Å². The highest BCUT2D eigenvalue weighted by Crippen LogP contribution is 1.86. The SMILES string of the molecule is CCOCCOCCC(=O)NCC#CC(C)C. The van der Waals surface area contributed by atoms with Crippen LogP contribution < -0.4 is 5.32 Å². The van der Waals surface area contributed by atoms with E-state index in [-0.39, 0.29) is 5.91 Å². The third-order valence-electron chi connectivity index (χ3n) is 1.81. The molecular weight excluding hydrogens is 218 g/mol. The summed E-state index contributed by atoms with van der Waals surface area (Å²) in [5, 5.41) is 2.72. The molecule has 0 fully saturated rings. The van der Waals surface area contributed by atoms with Crippen LogP contribution in [0.3, 0.4) is 0 Å². The predicted octanol–water partition coefficient (Wildman–Crippen LogP) is 1.21. The number of ether oxygens (including phenoxy) is 2. The lowest BCUT2D eigenvalue weighted by Crippen LogP contribution is -2.25. The maximum absolute atomic E-state index is 11.3. The molecule has 0 aliphatic rings. The van der Waals surface area contributed by atoms with Gasteiger partial charge in [-0.05, 0) is 6.92 Å². The van der Waals surface area contributed by atoms with Crippen molar-refractivity contribution in [2.24, 2.45) is 5.92 Å². The molecule has 0 atom stereocenters. The molecule has 0 rings (SSSR count). The van der Waals surface area contributed by atoms with Crippen LogP contribution in [0.4, 0.5) is 0 Å². The number of nitrogens with one attached hydrogen (secondary N) is 1. The van der Waals surface area contributed by atoms with Crippen LogP contribution in [-0.4, -0.2) is 38.9 Å². The van der Waals surface area contributed by atoms with E-state index >= 15 is 0 Å². The molecule has 0 heterocycles. The fourth-order valence-electron chi connectivity index (χ4n) is 1.02. The molecule has 4 heteroatoms. The Morgan fingerprint density at radius 1 is 1.24 bits per heavy atom. The molecule has 1 amide bonds. The van der Waals surface area contributed by atoms with Gasteiger partial charge in [-0.1, -0.05) is 25.7 Å². The molecule has 0 unspecified atom stereocenters. The maximum Gasteiger partial charge on any atom is 0.223 e. The van der Waals surface area contributed by atoms with E-state index in [1.54, 1.807) is 0 Å². The van der Waals surface area contributed by atoms with Crippen LogP contribution in [0.2, 0.25) is 0 Å². The monoisotopic (exact) mass is 241 g/mol. The van der Waals surface area contributed by atoms with E-state index in [4.69, 9.17) is 9.47 Å². The molecule has 0 saturated heterocycles. The summed E-state index contributed by atoms with van der Waals surface area (Å²) in [6.07, 6.45) is 0.371. The first-order chi connectivity index (χ1) is 8.16. The first-order valence-electron chi connectivity index (χ1n) is 6.07. The zero-order valence-corrected chi connectivity index (χ0v) is 11.0. The summed E-state index contributed by atoms with van der Waals surface area (Å²) in [6, 6.07) is 0. The smallest absolute Gasteiger partial charge is 0.223 e. The Labute approximate surface area is 104 Å². The van der Waals surface area contributed by atoms with Gasteiger partial charge < -0.3 is 14.8 Å². The molecule has 17 heavy (non-hydrogen) atoms. The third kappa shape index (κ3) is 12.9. The zero-order valence-electron chi connectivity index (χ0n) is 11.0. The minimum atomic E-state index is -0.0283. The van der Waals surface area contributed by atoms with E-state index in [1.807, 2.05) is 20.8 Å². The fourth-order valence-corrected chi connectivity index (χ4v) is 1.02. The van der Waals surface area contributed by atoms with Crippen LogP contribution in [0.25, 0.3) is 0 Å². The van der Waals surface area contributed by atoms with E-state index in [9.17, 15) is 4.79 Å². The second-order valence-electron chi connectivity index (χ2n) is 3.81. The summed E-state index contributed by atoms with van der Waals surface area (Å²) in [4.78, 5) is 11.3. The summed E-state index contributed by atoms with van der Waals surface area (Å²) in [6.45, 7) is 8.62. The van der Waals surface area contributed by atoms with Gasteiger partial charge in [-0.3, -0.25) is 4.79 Å². The normalized spacial score (nSPS) is 9.88. The molecule has 0 aromatic heterocycles. The zero-order chi connectivity index (χ0) is 12.9. The molecular formula is C13H23NO3. The summed E-state index contributed by atoms with van der Waals surface area (Å²) in [7, 11) is 0.